The minimum absolute atomic E-state index is 0.0732. The van der Waals surface area contributed by atoms with E-state index in [0.29, 0.717) is 0 Å². The van der Waals surface area contributed by atoms with Crippen molar-refractivity contribution in [3.63, 3.8) is 0 Å². The van der Waals surface area contributed by atoms with Gasteiger partial charge in [0.25, 0.3) is 5.56 Å². The van der Waals surface area contributed by atoms with Crippen molar-refractivity contribution in [2.75, 3.05) is 6.54 Å². The number of rotatable bonds is 3. The van der Waals surface area contributed by atoms with Crippen LogP contribution in [0.15, 0.2) is 21.9 Å². The van der Waals surface area contributed by atoms with Crippen LogP contribution in [0.5, 0.6) is 0 Å². The van der Waals surface area contributed by atoms with Gasteiger partial charge in [0.05, 0.1) is 0 Å². The first kappa shape index (κ1) is 14.5. The summed E-state index contributed by atoms with van der Waals surface area (Å²) in [6.07, 6.45) is 3.31. The van der Waals surface area contributed by atoms with Gasteiger partial charge in [-0.2, -0.15) is 0 Å². The topological polar surface area (TPSA) is 85.1 Å². The van der Waals surface area contributed by atoms with Gasteiger partial charge in [0.15, 0.2) is 0 Å². The number of piperidine rings is 1. The fourth-order valence-corrected chi connectivity index (χ4v) is 2.38. The summed E-state index contributed by atoms with van der Waals surface area (Å²) in [7, 11) is 1.40. The van der Waals surface area contributed by atoms with Gasteiger partial charge in [0.2, 0.25) is 5.91 Å². The first-order valence-corrected chi connectivity index (χ1v) is 6.78. The molecule has 2 unspecified atom stereocenters. The molecule has 2 atom stereocenters. The Hall–Kier alpha value is -1.89. The highest BCUT2D eigenvalue weighted by Gasteiger charge is 2.22. The number of hydrogen-bond donors (Lipinski definition) is 2. The Kier molecular flexibility index (Phi) is 4.39. The van der Waals surface area contributed by atoms with E-state index in [2.05, 4.69) is 10.6 Å². The summed E-state index contributed by atoms with van der Waals surface area (Å²) < 4.78 is 2.22. The molecule has 1 aliphatic rings. The van der Waals surface area contributed by atoms with Crippen molar-refractivity contribution < 1.29 is 4.79 Å². The highest BCUT2D eigenvalue weighted by atomic mass is 16.2. The van der Waals surface area contributed by atoms with Crippen LogP contribution in [0, 0.1) is 0 Å². The SMILES string of the molecule is CC1NCCCC1NC(=O)Cn1ccc(=O)n(C)c1=O. The first-order chi connectivity index (χ1) is 9.49. The molecule has 0 spiro atoms. The molecule has 0 aliphatic carbocycles. The van der Waals surface area contributed by atoms with E-state index in [-0.39, 0.29) is 30.1 Å². The summed E-state index contributed by atoms with van der Waals surface area (Å²) >= 11 is 0. The van der Waals surface area contributed by atoms with E-state index in [0.717, 1.165) is 24.0 Å². The molecule has 1 aromatic heterocycles. The maximum absolute atomic E-state index is 12.0. The van der Waals surface area contributed by atoms with E-state index in [1.807, 2.05) is 6.92 Å². The maximum atomic E-state index is 12.0. The zero-order valence-corrected chi connectivity index (χ0v) is 11.8. The van der Waals surface area contributed by atoms with Gasteiger partial charge in [-0.3, -0.25) is 18.7 Å². The fourth-order valence-electron chi connectivity index (χ4n) is 2.38. The minimum atomic E-state index is -0.484. The Morgan fingerprint density at radius 3 is 2.95 bits per heavy atom. The highest BCUT2D eigenvalue weighted by Crippen LogP contribution is 2.07. The lowest BCUT2D eigenvalue weighted by molar-refractivity contribution is -0.122. The highest BCUT2D eigenvalue weighted by molar-refractivity contribution is 5.76. The van der Waals surface area contributed by atoms with Crippen molar-refractivity contribution in [3.05, 3.63) is 33.1 Å². The van der Waals surface area contributed by atoms with Crippen molar-refractivity contribution in [2.24, 2.45) is 7.05 Å². The summed E-state index contributed by atoms with van der Waals surface area (Å²) in [5, 5.41) is 6.23. The Balaban J connectivity index is 2.03. The number of carbonyl (C=O) groups is 1. The molecule has 1 fully saturated rings. The maximum Gasteiger partial charge on any atom is 0.331 e. The minimum Gasteiger partial charge on any atom is -0.350 e. The van der Waals surface area contributed by atoms with Gasteiger partial charge in [-0.25, -0.2) is 4.79 Å². The van der Waals surface area contributed by atoms with E-state index in [9.17, 15) is 14.4 Å². The van der Waals surface area contributed by atoms with E-state index in [1.54, 1.807) is 0 Å². The molecule has 1 amide bonds. The van der Waals surface area contributed by atoms with Gasteiger partial charge in [0, 0.05) is 31.4 Å². The molecular formula is C13H20N4O3. The zero-order chi connectivity index (χ0) is 14.7. The summed E-state index contributed by atoms with van der Waals surface area (Å²) in [4.78, 5) is 35.1. The molecule has 2 rings (SSSR count). The van der Waals surface area contributed by atoms with Crippen molar-refractivity contribution >= 4 is 5.91 Å². The average Bonchev–Trinajstić information content (AvgIpc) is 2.42. The van der Waals surface area contributed by atoms with Crippen LogP contribution in [0.25, 0.3) is 0 Å². The van der Waals surface area contributed by atoms with Crippen LogP contribution in [0.3, 0.4) is 0 Å². The fraction of sp³-hybridized carbons (Fsp3) is 0.615. The first-order valence-electron chi connectivity index (χ1n) is 6.78. The molecule has 2 N–H and O–H groups in total. The summed E-state index contributed by atoms with van der Waals surface area (Å²) in [5.74, 6) is -0.216. The number of nitrogens with one attached hydrogen (secondary N) is 2. The normalized spacial score (nSPS) is 22.5. The van der Waals surface area contributed by atoms with Gasteiger partial charge in [-0.1, -0.05) is 0 Å². The Morgan fingerprint density at radius 2 is 2.25 bits per heavy atom. The lowest BCUT2D eigenvalue weighted by Crippen LogP contribution is -2.53. The molecule has 20 heavy (non-hydrogen) atoms. The van der Waals surface area contributed by atoms with Gasteiger partial charge in [0.1, 0.15) is 6.54 Å². The second kappa shape index (κ2) is 6.04. The van der Waals surface area contributed by atoms with Crippen LogP contribution in [-0.4, -0.2) is 33.7 Å². The quantitative estimate of drug-likeness (QED) is 0.728. The molecule has 7 heteroatoms. The molecule has 1 aromatic rings. The summed E-state index contributed by atoms with van der Waals surface area (Å²) in [5.41, 5.74) is -0.862. The van der Waals surface area contributed by atoms with E-state index >= 15 is 0 Å². The van der Waals surface area contributed by atoms with Crippen LogP contribution >= 0.6 is 0 Å². The van der Waals surface area contributed by atoms with E-state index in [1.165, 1.54) is 23.9 Å². The Labute approximate surface area is 116 Å². The van der Waals surface area contributed by atoms with E-state index < -0.39 is 5.69 Å². The van der Waals surface area contributed by atoms with Crippen LogP contribution < -0.4 is 21.9 Å². The molecule has 0 saturated carbocycles. The molecular weight excluding hydrogens is 260 g/mol. The van der Waals surface area contributed by atoms with Crippen molar-refractivity contribution in [3.8, 4) is 0 Å². The van der Waals surface area contributed by atoms with Crippen LogP contribution in [0.2, 0.25) is 0 Å². The summed E-state index contributed by atoms with van der Waals surface area (Å²) in [6, 6.07) is 1.59. The van der Waals surface area contributed by atoms with Gasteiger partial charge >= 0.3 is 5.69 Å². The third-order valence-electron chi connectivity index (χ3n) is 3.68. The van der Waals surface area contributed by atoms with Crippen molar-refractivity contribution in [1.82, 2.24) is 19.8 Å². The number of carbonyl (C=O) groups excluding carboxylic acids is 1. The third-order valence-corrected chi connectivity index (χ3v) is 3.68. The van der Waals surface area contributed by atoms with Crippen molar-refractivity contribution in [1.29, 1.82) is 0 Å². The Bertz CT molecular complexity index is 604. The second-order valence-electron chi connectivity index (χ2n) is 5.18. The largest absolute Gasteiger partial charge is 0.350 e. The standard InChI is InChI=1S/C13H20N4O3/c1-9-10(4-3-6-14-9)15-11(18)8-17-7-5-12(19)16(2)13(17)20/h5,7,9-10,14H,3-4,6,8H2,1-2H3,(H,15,18). The summed E-state index contributed by atoms with van der Waals surface area (Å²) in [6.45, 7) is 2.92. The number of nitrogens with zero attached hydrogens (tertiary/aromatic N) is 2. The Morgan fingerprint density at radius 1 is 1.50 bits per heavy atom. The monoisotopic (exact) mass is 280 g/mol. The molecule has 0 bridgehead atoms. The van der Waals surface area contributed by atoms with E-state index in [4.69, 9.17) is 0 Å². The number of amides is 1. The van der Waals surface area contributed by atoms with Crippen LogP contribution in [0.1, 0.15) is 19.8 Å². The van der Waals surface area contributed by atoms with Gasteiger partial charge < -0.3 is 10.6 Å². The van der Waals surface area contributed by atoms with Crippen molar-refractivity contribution in [2.45, 2.75) is 38.4 Å². The van der Waals surface area contributed by atoms with Crippen LogP contribution in [0.4, 0.5) is 0 Å². The molecule has 0 radical (unpaired) electrons. The second-order valence-corrected chi connectivity index (χ2v) is 5.18. The predicted octanol–water partition coefficient (Wildman–Crippen LogP) is -1.20. The number of aromatic nitrogens is 2. The molecule has 1 saturated heterocycles. The zero-order valence-electron chi connectivity index (χ0n) is 11.8. The van der Waals surface area contributed by atoms with Gasteiger partial charge in [-0.15, -0.1) is 0 Å². The van der Waals surface area contributed by atoms with Gasteiger partial charge in [-0.05, 0) is 26.3 Å². The lowest BCUT2D eigenvalue weighted by Gasteiger charge is -2.30. The predicted molar refractivity (Wildman–Crippen MR) is 74.6 cm³/mol. The molecule has 110 valence electrons. The molecule has 1 aliphatic heterocycles. The van der Waals surface area contributed by atoms with Crippen LogP contribution in [-0.2, 0) is 18.4 Å². The molecule has 0 aromatic carbocycles. The smallest absolute Gasteiger partial charge is 0.331 e. The average molecular weight is 280 g/mol. The third kappa shape index (κ3) is 3.16. The molecule has 7 nitrogen and oxygen atoms in total. The number of hydrogen-bond acceptors (Lipinski definition) is 4. The molecule has 2 heterocycles. The lowest BCUT2D eigenvalue weighted by atomic mass is 10.00.